The molecule has 0 unspecified atom stereocenters. The summed E-state index contributed by atoms with van der Waals surface area (Å²) in [4.78, 5) is 12.7. The SMILES string of the molecule is Cc1ccc2c(c1)NC(=O)c1cc(-c3cnn(C4COC4)c3)ccc1O2. The minimum Gasteiger partial charge on any atom is -0.454 e. The molecule has 2 aliphatic rings. The second-order valence-corrected chi connectivity index (χ2v) is 6.67. The minimum atomic E-state index is -0.175. The van der Waals surface area contributed by atoms with Crippen LogP contribution in [0.4, 0.5) is 5.69 Å². The summed E-state index contributed by atoms with van der Waals surface area (Å²) in [6.45, 7) is 3.37. The molecule has 130 valence electrons. The molecule has 0 radical (unpaired) electrons. The number of hydrogen-bond acceptors (Lipinski definition) is 4. The number of nitrogens with zero attached hydrogens (tertiary/aromatic N) is 2. The van der Waals surface area contributed by atoms with E-state index < -0.39 is 0 Å². The van der Waals surface area contributed by atoms with Crippen LogP contribution in [0.5, 0.6) is 11.5 Å². The molecule has 5 rings (SSSR count). The summed E-state index contributed by atoms with van der Waals surface area (Å²) in [7, 11) is 0. The Morgan fingerprint density at radius 3 is 2.77 bits per heavy atom. The molecule has 0 spiro atoms. The van der Waals surface area contributed by atoms with Crippen LogP contribution in [-0.4, -0.2) is 28.9 Å². The summed E-state index contributed by atoms with van der Waals surface area (Å²) in [5.74, 6) is 1.02. The van der Waals surface area contributed by atoms with E-state index in [9.17, 15) is 4.79 Å². The number of aryl methyl sites for hydroxylation is 1. The number of anilines is 1. The normalized spacial score (nSPS) is 16.0. The van der Waals surface area contributed by atoms with Crippen LogP contribution in [-0.2, 0) is 4.74 Å². The number of fused-ring (bicyclic) bond motifs is 2. The molecule has 1 saturated heterocycles. The zero-order valence-corrected chi connectivity index (χ0v) is 14.2. The molecule has 1 N–H and O–H groups in total. The Balaban J connectivity index is 1.51. The molecule has 0 saturated carbocycles. The summed E-state index contributed by atoms with van der Waals surface area (Å²) in [5.41, 5.74) is 4.15. The number of ether oxygens (including phenoxy) is 2. The fourth-order valence-electron chi connectivity index (χ4n) is 3.18. The van der Waals surface area contributed by atoms with Crippen molar-refractivity contribution in [3.63, 3.8) is 0 Å². The molecule has 26 heavy (non-hydrogen) atoms. The van der Waals surface area contributed by atoms with Crippen LogP contribution in [0.2, 0.25) is 0 Å². The van der Waals surface area contributed by atoms with Gasteiger partial charge in [0.15, 0.2) is 5.75 Å². The molecule has 0 aliphatic carbocycles. The van der Waals surface area contributed by atoms with Gasteiger partial charge in [0.25, 0.3) is 5.91 Å². The number of carbonyl (C=O) groups is 1. The fourth-order valence-corrected chi connectivity index (χ4v) is 3.18. The van der Waals surface area contributed by atoms with E-state index in [-0.39, 0.29) is 5.91 Å². The van der Waals surface area contributed by atoms with Crippen LogP contribution < -0.4 is 10.1 Å². The van der Waals surface area contributed by atoms with Crippen molar-refractivity contribution in [2.24, 2.45) is 0 Å². The second kappa shape index (κ2) is 5.71. The van der Waals surface area contributed by atoms with Crippen molar-refractivity contribution >= 4 is 11.6 Å². The van der Waals surface area contributed by atoms with E-state index in [0.717, 1.165) is 16.7 Å². The third-order valence-corrected chi connectivity index (χ3v) is 4.76. The number of aromatic nitrogens is 2. The largest absolute Gasteiger partial charge is 0.454 e. The molecule has 1 aromatic heterocycles. The summed E-state index contributed by atoms with van der Waals surface area (Å²) < 4.78 is 13.1. The van der Waals surface area contributed by atoms with E-state index in [2.05, 4.69) is 10.4 Å². The molecule has 2 aromatic carbocycles. The van der Waals surface area contributed by atoms with Crippen LogP contribution in [0, 0.1) is 6.92 Å². The lowest BCUT2D eigenvalue weighted by Gasteiger charge is -2.25. The van der Waals surface area contributed by atoms with Gasteiger partial charge in [0.1, 0.15) is 5.75 Å². The molecule has 0 atom stereocenters. The van der Waals surface area contributed by atoms with E-state index in [1.165, 1.54) is 0 Å². The summed E-state index contributed by atoms with van der Waals surface area (Å²) >= 11 is 0. The Hall–Kier alpha value is -3.12. The van der Waals surface area contributed by atoms with Gasteiger partial charge in [-0.25, -0.2) is 0 Å². The molecule has 1 fully saturated rings. The van der Waals surface area contributed by atoms with Gasteiger partial charge in [0, 0.05) is 11.8 Å². The van der Waals surface area contributed by atoms with Gasteiger partial charge in [-0.1, -0.05) is 12.1 Å². The zero-order chi connectivity index (χ0) is 17.7. The van der Waals surface area contributed by atoms with Gasteiger partial charge >= 0.3 is 0 Å². The summed E-state index contributed by atoms with van der Waals surface area (Å²) in [6.07, 6.45) is 3.80. The predicted octanol–water partition coefficient (Wildman–Crippen LogP) is 3.79. The first-order valence-corrected chi connectivity index (χ1v) is 8.53. The number of benzene rings is 2. The maximum atomic E-state index is 12.7. The molecule has 1 amide bonds. The first-order valence-electron chi connectivity index (χ1n) is 8.53. The molecular weight excluding hydrogens is 330 g/mol. The van der Waals surface area contributed by atoms with Gasteiger partial charge in [-0.3, -0.25) is 9.48 Å². The lowest BCUT2D eigenvalue weighted by molar-refractivity contribution is -0.0286. The van der Waals surface area contributed by atoms with Crippen molar-refractivity contribution in [1.82, 2.24) is 9.78 Å². The summed E-state index contributed by atoms with van der Waals surface area (Å²) in [5, 5.41) is 7.35. The monoisotopic (exact) mass is 347 g/mol. The predicted molar refractivity (Wildman–Crippen MR) is 96.7 cm³/mol. The highest BCUT2D eigenvalue weighted by Gasteiger charge is 2.23. The highest BCUT2D eigenvalue weighted by Crippen LogP contribution is 2.37. The fraction of sp³-hybridized carbons (Fsp3) is 0.200. The second-order valence-electron chi connectivity index (χ2n) is 6.67. The lowest BCUT2D eigenvalue weighted by Crippen LogP contribution is -2.30. The van der Waals surface area contributed by atoms with Gasteiger partial charge in [-0.05, 0) is 42.3 Å². The molecule has 0 bridgehead atoms. The standard InChI is InChI=1S/C20H17N3O3/c1-12-2-4-19-17(6-12)22-20(24)16-7-13(3-5-18(16)26-19)14-8-21-23(9-14)15-10-25-11-15/h2-9,15H,10-11H2,1H3,(H,22,24). The van der Waals surface area contributed by atoms with Gasteiger partial charge in [-0.15, -0.1) is 0 Å². The van der Waals surface area contributed by atoms with Crippen LogP contribution in [0.25, 0.3) is 11.1 Å². The molecule has 3 heterocycles. The maximum absolute atomic E-state index is 12.7. The first-order chi connectivity index (χ1) is 12.7. The number of amides is 1. The van der Waals surface area contributed by atoms with Crippen molar-refractivity contribution in [1.29, 1.82) is 0 Å². The van der Waals surface area contributed by atoms with Gasteiger partial charge in [0.2, 0.25) is 0 Å². The third kappa shape index (κ3) is 2.46. The Bertz CT molecular complexity index is 1020. The lowest BCUT2D eigenvalue weighted by atomic mass is 10.0. The van der Waals surface area contributed by atoms with Crippen LogP contribution in [0.15, 0.2) is 48.8 Å². The van der Waals surface area contributed by atoms with Crippen LogP contribution in [0.3, 0.4) is 0 Å². The quantitative estimate of drug-likeness (QED) is 0.766. The van der Waals surface area contributed by atoms with Gasteiger partial charge < -0.3 is 14.8 Å². The Labute approximate surface area is 150 Å². The average Bonchev–Trinajstić information content (AvgIpc) is 3.00. The summed E-state index contributed by atoms with van der Waals surface area (Å²) in [6, 6.07) is 11.7. The number of carbonyl (C=O) groups excluding carboxylic acids is 1. The van der Waals surface area contributed by atoms with E-state index >= 15 is 0 Å². The number of hydrogen-bond donors (Lipinski definition) is 1. The third-order valence-electron chi connectivity index (χ3n) is 4.76. The van der Waals surface area contributed by atoms with E-state index in [4.69, 9.17) is 9.47 Å². The number of nitrogens with one attached hydrogen (secondary N) is 1. The first kappa shape index (κ1) is 15.2. The van der Waals surface area contributed by atoms with Crippen molar-refractivity contribution in [3.8, 4) is 22.6 Å². The van der Waals surface area contributed by atoms with Gasteiger partial charge in [0.05, 0.1) is 36.7 Å². The molecule has 3 aromatic rings. The van der Waals surface area contributed by atoms with E-state index in [0.29, 0.717) is 42.0 Å². The van der Waals surface area contributed by atoms with Crippen molar-refractivity contribution in [2.45, 2.75) is 13.0 Å². The van der Waals surface area contributed by atoms with Crippen molar-refractivity contribution < 1.29 is 14.3 Å². The van der Waals surface area contributed by atoms with Crippen LogP contribution in [0.1, 0.15) is 22.0 Å². The number of rotatable bonds is 2. The molecule has 6 nitrogen and oxygen atoms in total. The highest BCUT2D eigenvalue weighted by atomic mass is 16.5. The Kier molecular flexibility index (Phi) is 3.33. The molecular formula is C20H17N3O3. The molecule has 2 aliphatic heterocycles. The van der Waals surface area contributed by atoms with Crippen molar-refractivity contribution in [2.75, 3.05) is 18.5 Å². The van der Waals surface area contributed by atoms with Crippen molar-refractivity contribution in [3.05, 3.63) is 59.9 Å². The Morgan fingerprint density at radius 1 is 1.12 bits per heavy atom. The molecule has 6 heteroatoms. The van der Waals surface area contributed by atoms with Gasteiger partial charge in [-0.2, -0.15) is 5.10 Å². The highest BCUT2D eigenvalue weighted by molar-refractivity contribution is 6.08. The minimum absolute atomic E-state index is 0.175. The van der Waals surface area contributed by atoms with Crippen LogP contribution >= 0.6 is 0 Å². The van der Waals surface area contributed by atoms with E-state index in [1.54, 1.807) is 0 Å². The average molecular weight is 347 g/mol. The topological polar surface area (TPSA) is 65.4 Å². The Morgan fingerprint density at radius 2 is 1.96 bits per heavy atom. The zero-order valence-electron chi connectivity index (χ0n) is 14.2. The smallest absolute Gasteiger partial charge is 0.259 e. The maximum Gasteiger partial charge on any atom is 0.259 e. The van der Waals surface area contributed by atoms with E-state index in [1.807, 2.05) is 60.4 Å².